The Bertz CT molecular complexity index is 1190. The first-order valence-corrected chi connectivity index (χ1v) is 10.8. The van der Waals surface area contributed by atoms with Gasteiger partial charge in [0.05, 0.1) is 24.1 Å². The number of aromatic nitrogens is 1. The van der Waals surface area contributed by atoms with Crippen LogP contribution in [0.2, 0.25) is 0 Å². The van der Waals surface area contributed by atoms with Crippen LogP contribution < -0.4 is 0 Å². The molecule has 4 rings (SSSR count). The molecule has 3 aromatic rings. The molecule has 0 aliphatic heterocycles. The third-order valence-electron chi connectivity index (χ3n) is 5.07. The number of rotatable bonds is 5. The molecule has 0 saturated heterocycles. The number of hydrogen-bond donors (Lipinski definition) is 0. The predicted molar refractivity (Wildman–Crippen MR) is 112 cm³/mol. The fourth-order valence-electron chi connectivity index (χ4n) is 3.64. The van der Waals surface area contributed by atoms with Crippen LogP contribution in [-0.4, -0.2) is 25.5 Å². The van der Waals surface area contributed by atoms with Gasteiger partial charge in [0, 0.05) is 11.8 Å². The molecular weight excluding hydrogens is 386 g/mol. The summed E-state index contributed by atoms with van der Waals surface area (Å²) < 4.78 is 32.7. The summed E-state index contributed by atoms with van der Waals surface area (Å²) in [4.78, 5) is 11.9. The van der Waals surface area contributed by atoms with E-state index in [4.69, 9.17) is 4.74 Å². The van der Waals surface area contributed by atoms with Gasteiger partial charge in [-0.15, -0.1) is 0 Å². The van der Waals surface area contributed by atoms with Crippen LogP contribution in [0.25, 0.3) is 17.2 Å². The van der Waals surface area contributed by atoms with Crippen molar-refractivity contribution in [3.8, 4) is 11.1 Å². The summed E-state index contributed by atoms with van der Waals surface area (Å²) in [6.45, 7) is 0. The normalized spacial score (nSPS) is 13.1. The Hall–Kier alpha value is -3.12. The minimum Gasteiger partial charge on any atom is -0.469 e. The zero-order valence-electron chi connectivity index (χ0n) is 16.0. The highest BCUT2D eigenvalue weighted by atomic mass is 32.2. The van der Waals surface area contributed by atoms with Gasteiger partial charge in [0.1, 0.15) is 0 Å². The van der Waals surface area contributed by atoms with Crippen LogP contribution in [0.5, 0.6) is 0 Å². The molecule has 5 nitrogen and oxygen atoms in total. The zero-order valence-corrected chi connectivity index (χ0v) is 16.9. The number of nitrogens with zero attached hydrogens (tertiary/aromatic N) is 1. The Morgan fingerprint density at radius 2 is 1.90 bits per heavy atom. The van der Waals surface area contributed by atoms with E-state index in [1.165, 1.54) is 11.1 Å². The maximum Gasteiger partial charge on any atom is 0.309 e. The van der Waals surface area contributed by atoms with E-state index < -0.39 is 10.0 Å². The lowest BCUT2D eigenvalue weighted by atomic mass is 9.95. The fourth-order valence-corrected chi connectivity index (χ4v) is 5.04. The minimum atomic E-state index is -3.71. The van der Waals surface area contributed by atoms with Gasteiger partial charge in [0.2, 0.25) is 0 Å². The quantitative estimate of drug-likeness (QED) is 0.598. The molecule has 0 radical (unpaired) electrons. The molecule has 1 aliphatic carbocycles. The van der Waals surface area contributed by atoms with Crippen LogP contribution in [0.3, 0.4) is 0 Å². The highest BCUT2D eigenvalue weighted by Gasteiger charge is 2.25. The van der Waals surface area contributed by atoms with Gasteiger partial charge in [-0.2, -0.15) is 0 Å². The van der Waals surface area contributed by atoms with Gasteiger partial charge < -0.3 is 4.74 Å². The number of hydrogen-bond acceptors (Lipinski definition) is 4. The van der Waals surface area contributed by atoms with Crippen molar-refractivity contribution in [2.24, 2.45) is 0 Å². The molecule has 1 heterocycles. The van der Waals surface area contributed by atoms with Crippen molar-refractivity contribution in [2.75, 3.05) is 7.11 Å². The molecule has 0 N–H and O–H groups in total. The highest BCUT2D eigenvalue weighted by molar-refractivity contribution is 7.90. The summed E-state index contributed by atoms with van der Waals surface area (Å²) in [5, 5.41) is 0. The number of benzene rings is 2. The van der Waals surface area contributed by atoms with Gasteiger partial charge in [-0.05, 0) is 47.7 Å². The van der Waals surface area contributed by atoms with Gasteiger partial charge >= 0.3 is 5.97 Å². The van der Waals surface area contributed by atoms with E-state index in [2.05, 4.69) is 0 Å². The number of fused-ring (bicyclic) bond motifs is 1. The molecule has 1 aliphatic rings. The van der Waals surface area contributed by atoms with E-state index in [1.54, 1.807) is 36.5 Å². The number of carbonyl (C=O) groups is 1. The summed E-state index contributed by atoms with van der Waals surface area (Å²) in [7, 11) is -2.34. The number of esters is 1. The Morgan fingerprint density at radius 3 is 2.66 bits per heavy atom. The van der Waals surface area contributed by atoms with Crippen LogP contribution in [0, 0.1) is 0 Å². The number of methoxy groups -OCH3 is 1. The van der Waals surface area contributed by atoms with Gasteiger partial charge in [0.15, 0.2) is 0 Å². The third-order valence-corrected chi connectivity index (χ3v) is 6.76. The molecular formula is C23H21NO4S. The van der Waals surface area contributed by atoms with Crippen LogP contribution in [0.15, 0.2) is 71.8 Å². The van der Waals surface area contributed by atoms with E-state index >= 15 is 0 Å². The smallest absolute Gasteiger partial charge is 0.309 e. The molecule has 6 heteroatoms. The average Bonchev–Trinajstić information content (AvgIpc) is 3.15. The van der Waals surface area contributed by atoms with Gasteiger partial charge in [0.25, 0.3) is 10.0 Å². The standard InChI is InChI=1S/C23H21NO4S/c1-28-23(25)15-17-8-7-9-18(14-17)21-16-24(22-13-6-5-12-20(21)22)29(26,27)19-10-3-2-4-11-19/h2-4,6-11,13-14,16H,5,12,15H2,1H3. The minimum absolute atomic E-state index is 0.176. The molecule has 0 unspecified atom stereocenters. The lowest BCUT2D eigenvalue weighted by Crippen LogP contribution is -2.14. The fraction of sp³-hybridized carbons (Fsp3) is 0.174. The molecule has 148 valence electrons. The molecule has 1 aromatic heterocycles. The summed E-state index contributed by atoms with van der Waals surface area (Å²) >= 11 is 0. The van der Waals surface area contributed by atoms with Crippen molar-refractivity contribution < 1.29 is 17.9 Å². The Kier molecular flexibility index (Phi) is 5.11. The monoisotopic (exact) mass is 407 g/mol. The molecule has 0 saturated carbocycles. The van der Waals surface area contributed by atoms with E-state index in [1.807, 2.05) is 36.4 Å². The predicted octanol–water partition coefficient (Wildman–Crippen LogP) is 4.07. The zero-order chi connectivity index (χ0) is 20.4. The van der Waals surface area contributed by atoms with E-state index in [9.17, 15) is 13.2 Å². The van der Waals surface area contributed by atoms with Gasteiger partial charge in [-0.1, -0.05) is 48.5 Å². The molecule has 2 aromatic carbocycles. The topological polar surface area (TPSA) is 65.4 Å². The molecule has 0 fully saturated rings. The Balaban J connectivity index is 1.84. The second-order valence-electron chi connectivity index (χ2n) is 6.91. The van der Waals surface area contributed by atoms with Gasteiger partial charge in [-0.25, -0.2) is 12.4 Å². The number of ether oxygens (including phenoxy) is 1. The van der Waals surface area contributed by atoms with Crippen LogP contribution >= 0.6 is 0 Å². The lowest BCUT2D eigenvalue weighted by Gasteiger charge is -2.12. The van der Waals surface area contributed by atoms with Crippen molar-refractivity contribution in [2.45, 2.75) is 24.2 Å². The summed E-state index contributed by atoms with van der Waals surface area (Å²) in [5.74, 6) is -0.309. The molecule has 0 bridgehead atoms. The first-order chi connectivity index (χ1) is 14.0. The summed E-state index contributed by atoms with van der Waals surface area (Å²) in [6, 6.07) is 16.0. The van der Waals surface area contributed by atoms with Crippen LogP contribution in [-0.2, 0) is 32.4 Å². The second kappa shape index (κ2) is 7.72. The summed E-state index contributed by atoms with van der Waals surface area (Å²) in [6.07, 6.45) is 7.37. The maximum absolute atomic E-state index is 13.3. The molecule has 0 atom stereocenters. The van der Waals surface area contributed by atoms with Crippen molar-refractivity contribution >= 4 is 22.1 Å². The number of allylic oxidation sites excluding steroid dienone is 1. The lowest BCUT2D eigenvalue weighted by molar-refractivity contribution is -0.139. The van der Waals surface area contributed by atoms with Crippen LogP contribution in [0.4, 0.5) is 0 Å². The van der Waals surface area contributed by atoms with Crippen molar-refractivity contribution in [1.29, 1.82) is 0 Å². The van der Waals surface area contributed by atoms with Gasteiger partial charge in [-0.3, -0.25) is 4.79 Å². The Morgan fingerprint density at radius 1 is 1.10 bits per heavy atom. The molecule has 0 spiro atoms. The largest absolute Gasteiger partial charge is 0.469 e. The number of carbonyl (C=O) groups excluding carboxylic acids is 1. The van der Waals surface area contributed by atoms with Crippen LogP contribution in [0.1, 0.15) is 23.2 Å². The van der Waals surface area contributed by atoms with Crippen molar-refractivity contribution in [3.05, 3.63) is 83.7 Å². The first-order valence-electron chi connectivity index (χ1n) is 9.38. The summed E-state index contributed by atoms with van der Waals surface area (Å²) in [5.41, 5.74) is 4.28. The second-order valence-corrected chi connectivity index (χ2v) is 8.73. The van der Waals surface area contributed by atoms with E-state index in [0.717, 1.165) is 35.1 Å². The molecule has 0 amide bonds. The van der Waals surface area contributed by atoms with E-state index in [0.29, 0.717) is 5.69 Å². The van der Waals surface area contributed by atoms with Crippen molar-refractivity contribution in [1.82, 2.24) is 3.97 Å². The SMILES string of the molecule is COC(=O)Cc1cccc(-c2cn(S(=O)(=O)c3ccccc3)c3c2CCC=C3)c1. The molecule has 29 heavy (non-hydrogen) atoms. The highest BCUT2D eigenvalue weighted by Crippen LogP contribution is 2.35. The first kappa shape index (κ1) is 19.2. The Labute approximate surface area is 170 Å². The maximum atomic E-state index is 13.3. The van der Waals surface area contributed by atoms with E-state index in [-0.39, 0.29) is 17.3 Å². The van der Waals surface area contributed by atoms with Crippen molar-refractivity contribution in [3.63, 3.8) is 0 Å². The third kappa shape index (κ3) is 3.63. The average molecular weight is 407 g/mol.